The lowest BCUT2D eigenvalue weighted by Crippen LogP contribution is -2.44. The molecule has 1 amide bonds. The Hall–Kier alpha value is -1.47. The number of hydrogen-bond donors (Lipinski definition) is 3. The Morgan fingerprint density at radius 1 is 1.32 bits per heavy atom. The molecule has 1 aliphatic carbocycles. The molecule has 1 heterocycles. The molecule has 0 bridgehead atoms. The SMILES string of the molecule is Cl.N[C@@H]1CC[C@H](C(=O)NCc2csc(Cc3ccccc3)n2)C[C@H]1O. The van der Waals surface area contributed by atoms with E-state index in [9.17, 15) is 9.90 Å². The van der Waals surface area contributed by atoms with E-state index in [1.165, 1.54) is 5.56 Å². The van der Waals surface area contributed by atoms with Gasteiger partial charge in [0.2, 0.25) is 5.91 Å². The van der Waals surface area contributed by atoms with Crippen molar-refractivity contribution in [3.05, 3.63) is 52.0 Å². The first kappa shape index (κ1) is 19.8. The van der Waals surface area contributed by atoms with Crippen LogP contribution < -0.4 is 11.1 Å². The van der Waals surface area contributed by atoms with Gasteiger partial charge in [0.25, 0.3) is 0 Å². The third-order valence-electron chi connectivity index (χ3n) is 4.48. The Balaban J connectivity index is 0.00000225. The van der Waals surface area contributed by atoms with Crippen molar-refractivity contribution in [2.24, 2.45) is 11.7 Å². The molecule has 1 aromatic carbocycles. The van der Waals surface area contributed by atoms with Crippen molar-refractivity contribution < 1.29 is 9.90 Å². The summed E-state index contributed by atoms with van der Waals surface area (Å²) < 4.78 is 0. The van der Waals surface area contributed by atoms with E-state index in [-0.39, 0.29) is 30.3 Å². The fraction of sp³-hybridized carbons (Fsp3) is 0.444. The molecule has 2 aromatic rings. The number of hydrogen-bond acceptors (Lipinski definition) is 5. The third kappa shape index (κ3) is 5.51. The van der Waals surface area contributed by atoms with Gasteiger partial charge in [0, 0.05) is 23.8 Å². The number of halogens is 1. The smallest absolute Gasteiger partial charge is 0.223 e. The molecular weight excluding hydrogens is 358 g/mol. The molecule has 1 aliphatic rings. The van der Waals surface area contributed by atoms with Gasteiger partial charge in [-0.05, 0) is 24.8 Å². The molecule has 136 valence electrons. The molecule has 1 fully saturated rings. The lowest BCUT2D eigenvalue weighted by atomic mass is 9.84. The molecule has 0 spiro atoms. The molecule has 3 rings (SSSR count). The normalized spacial score (nSPS) is 22.9. The van der Waals surface area contributed by atoms with Gasteiger partial charge in [0.1, 0.15) is 0 Å². The van der Waals surface area contributed by atoms with E-state index < -0.39 is 6.10 Å². The average molecular weight is 382 g/mol. The first-order valence-electron chi connectivity index (χ1n) is 8.30. The van der Waals surface area contributed by atoms with Crippen molar-refractivity contribution in [2.75, 3.05) is 0 Å². The van der Waals surface area contributed by atoms with Crippen LogP contribution in [0.3, 0.4) is 0 Å². The van der Waals surface area contributed by atoms with Gasteiger partial charge in [-0.15, -0.1) is 23.7 Å². The summed E-state index contributed by atoms with van der Waals surface area (Å²) in [6.45, 7) is 0.433. The number of nitrogens with one attached hydrogen (secondary N) is 1. The van der Waals surface area contributed by atoms with Crippen molar-refractivity contribution in [1.82, 2.24) is 10.3 Å². The van der Waals surface area contributed by atoms with Crippen molar-refractivity contribution in [1.29, 1.82) is 0 Å². The van der Waals surface area contributed by atoms with Gasteiger partial charge < -0.3 is 16.2 Å². The van der Waals surface area contributed by atoms with E-state index in [1.807, 2.05) is 23.6 Å². The van der Waals surface area contributed by atoms with Crippen LogP contribution >= 0.6 is 23.7 Å². The minimum absolute atomic E-state index is 0. The molecule has 7 heteroatoms. The Labute approximate surface area is 158 Å². The van der Waals surface area contributed by atoms with Gasteiger partial charge in [0.15, 0.2) is 0 Å². The predicted molar refractivity (Wildman–Crippen MR) is 102 cm³/mol. The summed E-state index contributed by atoms with van der Waals surface area (Å²) in [5, 5.41) is 15.8. The van der Waals surface area contributed by atoms with Gasteiger partial charge in [-0.25, -0.2) is 4.98 Å². The zero-order valence-corrected chi connectivity index (χ0v) is 15.6. The molecule has 4 N–H and O–H groups in total. The maximum Gasteiger partial charge on any atom is 0.223 e. The minimum Gasteiger partial charge on any atom is -0.391 e. The predicted octanol–water partition coefficient (Wildman–Crippen LogP) is 2.26. The average Bonchev–Trinajstić information content (AvgIpc) is 3.03. The van der Waals surface area contributed by atoms with Crippen LogP contribution in [0.4, 0.5) is 0 Å². The van der Waals surface area contributed by atoms with E-state index in [4.69, 9.17) is 5.73 Å². The third-order valence-corrected chi connectivity index (χ3v) is 5.38. The van der Waals surface area contributed by atoms with Crippen molar-refractivity contribution >= 4 is 29.7 Å². The Bertz CT molecular complexity index is 680. The number of thiazole rings is 1. The standard InChI is InChI=1S/C18H23N3O2S.ClH/c19-15-7-6-13(9-16(15)22)18(23)20-10-14-11-24-17(21-14)8-12-4-2-1-3-5-12;/h1-5,11,13,15-16,22H,6-10,19H2,(H,20,23);1H/t13-,15+,16+;/m0./s1. The molecule has 25 heavy (non-hydrogen) atoms. The molecule has 0 saturated heterocycles. The Morgan fingerprint density at radius 2 is 2.08 bits per heavy atom. The summed E-state index contributed by atoms with van der Waals surface area (Å²) in [6.07, 6.45) is 2.11. The van der Waals surface area contributed by atoms with Gasteiger partial charge in [-0.1, -0.05) is 30.3 Å². The number of aliphatic hydroxyl groups is 1. The maximum absolute atomic E-state index is 12.2. The number of rotatable bonds is 5. The molecule has 0 radical (unpaired) electrons. The van der Waals surface area contributed by atoms with Crippen LogP contribution in [0, 0.1) is 5.92 Å². The van der Waals surface area contributed by atoms with E-state index >= 15 is 0 Å². The summed E-state index contributed by atoms with van der Waals surface area (Å²) in [4.78, 5) is 16.8. The summed E-state index contributed by atoms with van der Waals surface area (Å²) >= 11 is 1.61. The van der Waals surface area contributed by atoms with Crippen molar-refractivity contribution in [3.8, 4) is 0 Å². The van der Waals surface area contributed by atoms with Gasteiger partial charge >= 0.3 is 0 Å². The summed E-state index contributed by atoms with van der Waals surface area (Å²) in [5.74, 6) is -0.166. The summed E-state index contributed by atoms with van der Waals surface area (Å²) in [6, 6.07) is 10.0. The number of nitrogens with zero attached hydrogens (tertiary/aromatic N) is 1. The van der Waals surface area contributed by atoms with Gasteiger partial charge in [-0.3, -0.25) is 4.79 Å². The second-order valence-corrected chi connectivity index (χ2v) is 7.30. The van der Waals surface area contributed by atoms with E-state index in [0.29, 0.717) is 19.4 Å². The number of carbonyl (C=O) groups excluding carboxylic acids is 1. The fourth-order valence-corrected chi connectivity index (χ4v) is 3.84. The highest BCUT2D eigenvalue weighted by Crippen LogP contribution is 2.24. The van der Waals surface area contributed by atoms with Crippen LogP contribution in [0.2, 0.25) is 0 Å². The minimum atomic E-state index is -0.578. The van der Waals surface area contributed by atoms with Gasteiger partial charge in [-0.2, -0.15) is 0 Å². The second-order valence-electron chi connectivity index (χ2n) is 6.35. The van der Waals surface area contributed by atoms with Crippen molar-refractivity contribution in [2.45, 2.75) is 44.4 Å². The number of nitrogens with two attached hydrogens (primary N) is 1. The second kappa shape index (κ2) is 9.29. The molecule has 1 aromatic heterocycles. The molecule has 0 aliphatic heterocycles. The highest BCUT2D eigenvalue weighted by Gasteiger charge is 2.30. The van der Waals surface area contributed by atoms with E-state index in [0.717, 1.165) is 23.5 Å². The number of aliphatic hydroxyl groups excluding tert-OH is 1. The molecule has 1 saturated carbocycles. The number of benzene rings is 1. The summed E-state index contributed by atoms with van der Waals surface area (Å²) in [7, 11) is 0. The first-order valence-corrected chi connectivity index (χ1v) is 9.18. The zero-order valence-electron chi connectivity index (χ0n) is 13.9. The quantitative estimate of drug-likeness (QED) is 0.741. The molecule has 5 nitrogen and oxygen atoms in total. The highest BCUT2D eigenvalue weighted by molar-refractivity contribution is 7.09. The lowest BCUT2D eigenvalue weighted by molar-refractivity contribution is -0.127. The molecule has 0 unspecified atom stereocenters. The topological polar surface area (TPSA) is 88.2 Å². The van der Waals surface area contributed by atoms with Crippen molar-refractivity contribution in [3.63, 3.8) is 0 Å². The van der Waals surface area contributed by atoms with Crippen LogP contribution in [-0.2, 0) is 17.8 Å². The van der Waals surface area contributed by atoms with Crippen LogP contribution in [0.5, 0.6) is 0 Å². The number of amides is 1. The number of carbonyl (C=O) groups is 1. The maximum atomic E-state index is 12.2. The first-order chi connectivity index (χ1) is 11.6. The summed E-state index contributed by atoms with van der Waals surface area (Å²) in [5.41, 5.74) is 7.89. The fourth-order valence-electron chi connectivity index (χ4n) is 3.01. The van der Waals surface area contributed by atoms with Crippen LogP contribution in [0.15, 0.2) is 35.7 Å². The number of aromatic nitrogens is 1. The molecular formula is C18H24ClN3O2S. The largest absolute Gasteiger partial charge is 0.391 e. The van der Waals surface area contributed by atoms with Gasteiger partial charge in [0.05, 0.1) is 23.4 Å². The van der Waals surface area contributed by atoms with Crippen LogP contribution in [0.1, 0.15) is 35.5 Å². The highest BCUT2D eigenvalue weighted by atomic mass is 35.5. The zero-order chi connectivity index (χ0) is 16.9. The molecule has 3 atom stereocenters. The van der Waals surface area contributed by atoms with Crippen LogP contribution in [0.25, 0.3) is 0 Å². The lowest BCUT2D eigenvalue weighted by Gasteiger charge is -2.29. The van der Waals surface area contributed by atoms with E-state index in [1.54, 1.807) is 11.3 Å². The monoisotopic (exact) mass is 381 g/mol. The van der Waals surface area contributed by atoms with E-state index in [2.05, 4.69) is 22.4 Å². The Morgan fingerprint density at radius 3 is 2.80 bits per heavy atom. The Kier molecular flexibility index (Phi) is 7.38. The van der Waals surface area contributed by atoms with Crippen LogP contribution in [-0.4, -0.2) is 28.1 Å².